The standard InChI is InChI=1S/C32H42O8/c1-7-8-9-10-11-12-13-14-25(35)39-28-20(3)31(38)23(26-29(5,6)32(26,28)40-21(4)34)16-22(18-33)17-30(37)24(31)15-19(2)27(30)36/h9-16,20,23-24,26,28,33,37-38H,7-8,17-18H2,1-6H3/b10-9+,12-11+,14-13+/t20-,23?,24?,26-,28-,30-,31-,32-/m1/s1. The summed E-state index contributed by atoms with van der Waals surface area (Å²) in [5.74, 6) is -4.80. The number of rotatable bonds is 8. The summed E-state index contributed by atoms with van der Waals surface area (Å²) in [6.07, 6.45) is 14.4. The molecule has 0 bridgehead atoms. The fraction of sp³-hybridized carbons (Fsp3) is 0.594. The molecule has 3 N–H and O–H groups in total. The Morgan fingerprint density at radius 1 is 1.12 bits per heavy atom. The van der Waals surface area contributed by atoms with Crippen LogP contribution in [0.1, 0.15) is 60.8 Å². The van der Waals surface area contributed by atoms with Gasteiger partial charge < -0.3 is 24.8 Å². The number of unbranched alkanes of at least 4 members (excludes halogenated alkanes) is 1. The van der Waals surface area contributed by atoms with E-state index >= 15 is 0 Å². The van der Waals surface area contributed by atoms with Gasteiger partial charge in [0.15, 0.2) is 11.4 Å². The van der Waals surface area contributed by atoms with Gasteiger partial charge in [-0.3, -0.25) is 9.59 Å². The van der Waals surface area contributed by atoms with Crippen LogP contribution in [-0.2, 0) is 23.9 Å². The summed E-state index contributed by atoms with van der Waals surface area (Å²) in [5.41, 5.74) is -4.94. The van der Waals surface area contributed by atoms with Gasteiger partial charge in [0.2, 0.25) is 0 Å². The highest BCUT2D eigenvalue weighted by atomic mass is 16.6. The predicted octanol–water partition coefficient (Wildman–Crippen LogP) is 3.52. The largest absolute Gasteiger partial charge is 0.455 e. The van der Waals surface area contributed by atoms with E-state index in [0.717, 1.165) is 12.8 Å². The molecule has 4 aliphatic carbocycles. The molecule has 0 aliphatic heterocycles. The molecule has 0 radical (unpaired) electrons. The van der Waals surface area contributed by atoms with Crippen molar-refractivity contribution in [1.29, 1.82) is 0 Å². The van der Waals surface area contributed by atoms with Crippen LogP contribution in [0.25, 0.3) is 0 Å². The first-order valence-electron chi connectivity index (χ1n) is 14.1. The number of hydrogen-bond acceptors (Lipinski definition) is 8. The molecule has 218 valence electrons. The second kappa shape index (κ2) is 10.5. The highest BCUT2D eigenvalue weighted by Crippen LogP contribution is 2.77. The van der Waals surface area contributed by atoms with Crippen molar-refractivity contribution in [3.05, 3.63) is 59.8 Å². The van der Waals surface area contributed by atoms with Crippen molar-refractivity contribution in [2.45, 2.75) is 83.7 Å². The third-order valence-corrected chi connectivity index (χ3v) is 9.67. The number of carbonyl (C=O) groups is 3. The molecule has 8 heteroatoms. The number of aliphatic hydroxyl groups is 3. The molecule has 0 heterocycles. The van der Waals surface area contributed by atoms with Gasteiger partial charge in [-0.1, -0.05) is 76.6 Å². The smallest absolute Gasteiger partial charge is 0.331 e. The van der Waals surface area contributed by atoms with Gasteiger partial charge >= 0.3 is 11.9 Å². The lowest BCUT2D eigenvalue weighted by Gasteiger charge is -2.53. The third-order valence-electron chi connectivity index (χ3n) is 9.67. The predicted molar refractivity (Wildman–Crippen MR) is 149 cm³/mol. The van der Waals surface area contributed by atoms with E-state index in [1.165, 1.54) is 13.0 Å². The number of hydrogen-bond donors (Lipinski definition) is 3. The second-order valence-corrected chi connectivity index (χ2v) is 12.3. The second-order valence-electron chi connectivity index (χ2n) is 12.3. The summed E-state index contributed by atoms with van der Waals surface area (Å²) in [4.78, 5) is 38.7. The van der Waals surface area contributed by atoms with Crippen molar-refractivity contribution in [1.82, 2.24) is 0 Å². The van der Waals surface area contributed by atoms with Crippen molar-refractivity contribution in [3.63, 3.8) is 0 Å². The zero-order valence-corrected chi connectivity index (χ0v) is 24.2. The molecule has 2 saturated carbocycles. The topological polar surface area (TPSA) is 130 Å². The van der Waals surface area contributed by atoms with Crippen molar-refractivity contribution < 1.29 is 39.2 Å². The number of esters is 2. The molecule has 0 aromatic heterocycles. The lowest BCUT2D eigenvalue weighted by Crippen LogP contribution is -2.66. The molecule has 0 aromatic rings. The quantitative estimate of drug-likeness (QED) is 0.180. The van der Waals surface area contributed by atoms with E-state index in [1.807, 2.05) is 26.0 Å². The molecule has 0 aromatic carbocycles. The lowest BCUT2D eigenvalue weighted by atomic mass is 9.59. The maximum Gasteiger partial charge on any atom is 0.331 e. The molecule has 4 rings (SSSR count). The van der Waals surface area contributed by atoms with Crippen LogP contribution in [0.5, 0.6) is 0 Å². The van der Waals surface area contributed by atoms with Crippen LogP contribution >= 0.6 is 0 Å². The molecule has 8 nitrogen and oxygen atoms in total. The van der Waals surface area contributed by atoms with Crippen LogP contribution in [0.15, 0.2) is 59.8 Å². The number of ketones is 1. The molecular weight excluding hydrogens is 512 g/mol. The third kappa shape index (κ3) is 4.35. The summed E-state index contributed by atoms with van der Waals surface area (Å²) in [7, 11) is 0. The number of aliphatic hydroxyl groups excluding tert-OH is 1. The highest BCUT2D eigenvalue weighted by molar-refractivity contribution is 6.04. The van der Waals surface area contributed by atoms with E-state index in [1.54, 1.807) is 44.2 Å². The first-order chi connectivity index (χ1) is 18.7. The summed E-state index contributed by atoms with van der Waals surface area (Å²) in [6.45, 7) is 10.1. The van der Waals surface area contributed by atoms with E-state index < -0.39 is 76.3 Å². The average molecular weight is 555 g/mol. The Kier molecular flexibility index (Phi) is 7.95. The van der Waals surface area contributed by atoms with Crippen LogP contribution < -0.4 is 0 Å². The minimum atomic E-state index is -1.96. The van der Waals surface area contributed by atoms with Crippen molar-refractivity contribution in [3.8, 4) is 0 Å². The van der Waals surface area contributed by atoms with E-state index in [4.69, 9.17) is 9.47 Å². The maximum absolute atomic E-state index is 13.2. The number of Topliss-reactive ketones (excluding diaryl/α,β-unsaturated/α-hetero) is 1. The number of fused-ring (bicyclic) bond motifs is 5. The number of ether oxygens (including phenoxy) is 2. The molecule has 0 saturated heterocycles. The van der Waals surface area contributed by atoms with Crippen molar-refractivity contribution in [2.75, 3.05) is 6.61 Å². The van der Waals surface area contributed by atoms with Gasteiger partial charge in [0.05, 0.1) is 12.2 Å². The van der Waals surface area contributed by atoms with Crippen molar-refractivity contribution in [2.24, 2.45) is 29.1 Å². The minimum absolute atomic E-state index is 0.133. The minimum Gasteiger partial charge on any atom is -0.455 e. The summed E-state index contributed by atoms with van der Waals surface area (Å²) in [5, 5.41) is 34.6. The molecule has 0 amide bonds. The Balaban J connectivity index is 1.78. The summed E-state index contributed by atoms with van der Waals surface area (Å²) < 4.78 is 12.0. The molecule has 4 aliphatic rings. The van der Waals surface area contributed by atoms with Gasteiger partial charge in [-0.05, 0) is 24.5 Å². The van der Waals surface area contributed by atoms with Gasteiger partial charge in [-0.2, -0.15) is 0 Å². The first kappa shape index (κ1) is 30.2. The molecule has 0 spiro atoms. The van der Waals surface area contributed by atoms with E-state index in [0.29, 0.717) is 11.1 Å². The number of carbonyl (C=O) groups excluding carboxylic acids is 3. The number of allylic oxidation sites excluding steroid dienone is 5. The van der Waals surface area contributed by atoms with Gasteiger partial charge in [0.25, 0.3) is 0 Å². The van der Waals surface area contributed by atoms with Gasteiger partial charge in [0.1, 0.15) is 11.7 Å². The fourth-order valence-corrected chi connectivity index (χ4v) is 7.83. The van der Waals surface area contributed by atoms with Gasteiger partial charge in [0, 0.05) is 48.5 Å². The molecule has 40 heavy (non-hydrogen) atoms. The van der Waals surface area contributed by atoms with E-state index in [2.05, 4.69) is 6.92 Å². The summed E-state index contributed by atoms with van der Waals surface area (Å²) in [6, 6.07) is 0. The Morgan fingerprint density at radius 2 is 1.80 bits per heavy atom. The highest BCUT2D eigenvalue weighted by Gasteiger charge is 2.87. The molecule has 2 fully saturated rings. The molecule has 8 atom stereocenters. The summed E-state index contributed by atoms with van der Waals surface area (Å²) >= 11 is 0. The van der Waals surface area contributed by atoms with Crippen LogP contribution in [0.2, 0.25) is 0 Å². The maximum atomic E-state index is 13.2. The van der Waals surface area contributed by atoms with Crippen LogP contribution in [0, 0.1) is 29.1 Å². The zero-order chi connectivity index (χ0) is 29.7. The zero-order valence-electron chi connectivity index (χ0n) is 24.2. The Morgan fingerprint density at radius 3 is 2.42 bits per heavy atom. The van der Waals surface area contributed by atoms with Crippen LogP contribution in [0.3, 0.4) is 0 Å². The Bertz CT molecular complexity index is 1220. The van der Waals surface area contributed by atoms with Gasteiger partial charge in [-0.25, -0.2) is 4.79 Å². The van der Waals surface area contributed by atoms with Crippen LogP contribution in [0.4, 0.5) is 0 Å². The molecule has 2 unspecified atom stereocenters. The average Bonchev–Trinajstić information content (AvgIpc) is 3.31. The normalized spacial score (nSPS) is 39.8. The van der Waals surface area contributed by atoms with E-state index in [-0.39, 0.29) is 6.42 Å². The SMILES string of the molecule is CCC/C=C/C=C/C=C/C(=O)O[C@@H]1[C@@H](C)[C@@]2(O)C(C=C(CO)C[C@]3(O)C(=O)C(C)=CC23)[C@@H]2C(C)(C)[C@]12OC(C)=O. The molecular formula is C32H42O8. The Labute approximate surface area is 236 Å². The fourth-order valence-electron chi connectivity index (χ4n) is 7.83. The lowest BCUT2D eigenvalue weighted by molar-refractivity contribution is -0.226. The Hall–Kier alpha value is -2.81. The monoisotopic (exact) mass is 554 g/mol. The van der Waals surface area contributed by atoms with Crippen molar-refractivity contribution >= 4 is 17.7 Å². The van der Waals surface area contributed by atoms with E-state index in [9.17, 15) is 29.7 Å². The van der Waals surface area contributed by atoms with Crippen LogP contribution in [-0.4, -0.2) is 62.6 Å². The van der Waals surface area contributed by atoms with Gasteiger partial charge in [-0.15, -0.1) is 0 Å². The first-order valence-corrected chi connectivity index (χ1v) is 14.1.